The number of aromatic nitrogens is 1. The summed E-state index contributed by atoms with van der Waals surface area (Å²) in [4.78, 5) is 29.7. The number of nitrogens with one attached hydrogen (secondary N) is 2. The minimum atomic E-state index is -0.719. The summed E-state index contributed by atoms with van der Waals surface area (Å²) in [6.07, 6.45) is 5.40. The summed E-state index contributed by atoms with van der Waals surface area (Å²) < 4.78 is 5.10. The quantitative estimate of drug-likeness (QED) is 0.488. The van der Waals surface area contributed by atoms with Crippen molar-refractivity contribution >= 4 is 46.0 Å². The van der Waals surface area contributed by atoms with Crippen LogP contribution in [0.1, 0.15) is 22.9 Å². The van der Waals surface area contributed by atoms with Gasteiger partial charge in [-0.15, -0.1) is 11.3 Å². The average molecular weight is 456 g/mol. The van der Waals surface area contributed by atoms with Crippen LogP contribution in [0.3, 0.4) is 0 Å². The number of benzene rings is 2. The number of amides is 2. The van der Waals surface area contributed by atoms with E-state index in [0.29, 0.717) is 16.6 Å². The molecule has 6 nitrogen and oxygen atoms in total. The smallest absolute Gasteiger partial charge is 0.248 e. The van der Waals surface area contributed by atoms with E-state index in [4.69, 9.17) is 16.3 Å². The van der Waals surface area contributed by atoms with Crippen molar-refractivity contribution in [3.8, 4) is 5.75 Å². The topological polar surface area (TPSA) is 80.3 Å². The van der Waals surface area contributed by atoms with Gasteiger partial charge in [0.15, 0.2) is 5.13 Å². The Labute approximate surface area is 189 Å². The fourth-order valence-corrected chi connectivity index (χ4v) is 3.75. The van der Waals surface area contributed by atoms with E-state index in [9.17, 15) is 9.59 Å². The van der Waals surface area contributed by atoms with E-state index in [1.165, 1.54) is 17.4 Å². The van der Waals surface area contributed by atoms with E-state index in [0.717, 1.165) is 21.8 Å². The average Bonchev–Trinajstić information content (AvgIpc) is 3.21. The largest absolute Gasteiger partial charge is 0.497 e. The van der Waals surface area contributed by atoms with E-state index < -0.39 is 6.04 Å². The Morgan fingerprint density at radius 2 is 1.94 bits per heavy atom. The molecule has 0 fully saturated rings. The molecule has 1 aromatic heterocycles. The second kappa shape index (κ2) is 10.7. The zero-order valence-electron chi connectivity index (χ0n) is 17.1. The SMILES string of the molecule is COc1ccc(/C=C/C(=O)NC(C)C(=O)Nc2ncc(Cc3ccccc3Cl)s2)cc1. The Hall–Kier alpha value is -3.16. The van der Waals surface area contributed by atoms with Crippen molar-refractivity contribution in [1.82, 2.24) is 10.3 Å². The Kier molecular flexibility index (Phi) is 7.81. The lowest BCUT2D eigenvalue weighted by atomic mass is 10.1. The molecule has 2 aromatic carbocycles. The van der Waals surface area contributed by atoms with Crippen LogP contribution in [0, 0.1) is 0 Å². The molecule has 3 aromatic rings. The summed E-state index contributed by atoms with van der Waals surface area (Å²) >= 11 is 7.57. The van der Waals surface area contributed by atoms with Crippen molar-refractivity contribution in [2.24, 2.45) is 0 Å². The zero-order chi connectivity index (χ0) is 22.2. The van der Waals surface area contributed by atoms with Crippen LogP contribution in [0.4, 0.5) is 5.13 Å². The lowest BCUT2D eigenvalue weighted by molar-refractivity contribution is -0.123. The number of hydrogen-bond donors (Lipinski definition) is 2. The summed E-state index contributed by atoms with van der Waals surface area (Å²) in [5.74, 6) is 0.0333. The van der Waals surface area contributed by atoms with Gasteiger partial charge in [0.2, 0.25) is 11.8 Å². The predicted octanol–water partition coefficient (Wildman–Crippen LogP) is 4.55. The highest BCUT2D eigenvalue weighted by molar-refractivity contribution is 7.15. The molecule has 0 aliphatic carbocycles. The number of rotatable bonds is 8. The molecule has 0 spiro atoms. The number of ether oxygens (including phenoxy) is 1. The van der Waals surface area contributed by atoms with Crippen LogP contribution < -0.4 is 15.4 Å². The van der Waals surface area contributed by atoms with Gasteiger partial charge in [-0.2, -0.15) is 0 Å². The molecule has 0 aliphatic heterocycles. The molecular weight excluding hydrogens is 434 g/mol. The van der Waals surface area contributed by atoms with E-state index in [2.05, 4.69) is 15.6 Å². The van der Waals surface area contributed by atoms with Crippen LogP contribution in [0.5, 0.6) is 5.75 Å². The lowest BCUT2D eigenvalue weighted by Crippen LogP contribution is -2.40. The van der Waals surface area contributed by atoms with Crippen molar-refractivity contribution in [1.29, 1.82) is 0 Å². The highest BCUT2D eigenvalue weighted by atomic mass is 35.5. The van der Waals surface area contributed by atoms with Crippen molar-refractivity contribution < 1.29 is 14.3 Å². The van der Waals surface area contributed by atoms with Crippen LogP contribution in [-0.2, 0) is 16.0 Å². The summed E-state index contributed by atoms with van der Waals surface area (Å²) in [6.45, 7) is 1.62. The maximum Gasteiger partial charge on any atom is 0.248 e. The number of anilines is 1. The molecule has 1 unspecified atom stereocenters. The summed E-state index contributed by atoms with van der Waals surface area (Å²) in [6, 6.07) is 14.2. The zero-order valence-corrected chi connectivity index (χ0v) is 18.7. The Morgan fingerprint density at radius 3 is 2.65 bits per heavy atom. The van der Waals surface area contributed by atoms with Gasteiger partial charge in [0, 0.05) is 28.6 Å². The van der Waals surface area contributed by atoms with Crippen LogP contribution in [-0.4, -0.2) is 29.9 Å². The fraction of sp³-hybridized carbons (Fsp3) is 0.174. The molecule has 8 heteroatoms. The van der Waals surface area contributed by atoms with Gasteiger partial charge in [-0.05, 0) is 42.3 Å². The van der Waals surface area contributed by atoms with E-state index in [1.807, 2.05) is 48.5 Å². The van der Waals surface area contributed by atoms with Crippen LogP contribution >= 0.6 is 22.9 Å². The summed E-state index contributed by atoms with van der Waals surface area (Å²) in [5, 5.41) is 6.55. The Balaban J connectivity index is 1.51. The molecule has 1 heterocycles. The fourth-order valence-electron chi connectivity index (χ4n) is 2.70. The highest BCUT2D eigenvalue weighted by Crippen LogP contribution is 2.24. The molecule has 1 atom stereocenters. The van der Waals surface area contributed by atoms with Gasteiger partial charge in [-0.3, -0.25) is 9.59 Å². The molecule has 3 rings (SSSR count). The van der Waals surface area contributed by atoms with Gasteiger partial charge >= 0.3 is 0 Å². The van der Waals surface area contributed by atoms with E-state index in [-0.39, 0.29) is 11.8 Å². The number of hydrogen-bond acceptors (Lipinski definition) is 5. The number of nitrogens with zero attached hydrogens (tertiary/aromatic N) is 1. The van der Waals surface area contributed by atoms with Gasteiger partial charge < -0.3 is 15.4 Å². The number of carbonyl (C=O) groups is 2. The van der Waals surface area contributed by atoms with Gasteiger partial charge in [-0.25, -0.2) is 4.98 Å². The lowest BCUT2D eigenvalue weighted by Gasteiger charge is -2.11. The van der Waals surface area contributed by atoms with E-state index >= 15 is 0 Å². The second-order valence-electron chi connectivity index (χ2n) is 6.73. The summed E-state index contributed by atoms with van der Waals surface area (Å²) in [7, 11) is 1.59. The minimum absolute atomic E-state index is 0.343. The molecule has 0 aliphatic rings. The second-order valence-corrected chi connectivity index (χ2v) is 8.25. The number of methoxy groups -OCH3 is 1. The number of carbonyl (C=O) groups excluding carboxylic acids is 2. The molecule has 31 heavy (non-hydrogen) atoms. The maximum atomic E-state index is 12.4. The van der Waals surface area contributed by atoms with E-state index in [1.54, 1.807) is 26.3 Å². The third-order valence-corrected chi connectivity index (χ3v) is 5.68. The van der Waals surface area contributed by atoms with Crippen LogP contribution in [0.15, 0.2) is 60.8 Å². The van der Waals surface area contributed by atoms with Crippen molar-refractivity contribution in [2.75, 3.05) is 12.4 Å². The molecular formula is C23H22ClN3O3S. The van der Waals surface area contributed by atoms with Gasteiger partial charge in [0.05, 0.1) is 7.11 Å². The molecule has 0 saturated heterocycles. The van der Waals surface area contributed by atoms with Crippen LogP contribution in [0.25, 0.3) is 6.08 Å². The van der Waals surface area contributed by atoms with Gasteiger partial charge in [0.25, 0.3) is 0 Å². The first-order chi connectivity index (χ1) is 14.9. The molecule has 160 valence electrons. The first-order valence-corrected chi connectivity index (χ1v) is 10.8. The van der Waals surface area contributed by atoms with Gasteiger partial charge in [-0.1, -0.05) is 41.9 Å². The highest BCUT2D eigenvalue weighted by Gasteiger charge is 2.16. The number of thiazole rings is 1. The molecule has 0 bridgehead atoms. The first-order valence-electron chi connectivity index (χ1n) is 9.56. The molecule has 0 radical (unpaired) electrons. The monoisotopic (exact) mass is 455 g/mol. The van der Waals surface area contributed by atoms with Gasteiger partial charge in [0.1, 0.15) is 11.8 Å². The normalized spacial score (nSPS) is 11.8. The third-order valence-electron chi connectivity index (χ3n) is 4.40. The minimum Gasteiger partial charge on any atom is -0.497 e. The van der Waals surface area contributed by atoms with Crippen LogP contribution in [0.2, 0.25) is 5.02 Å². The predicted molar refractivity (Wildman–Crippen MR) is 125 cm³/mol. The molecule has 2 N–H and O–H groups in total. The summed E-state index contributed by atoms with van der Waals surface area (Å²) in [5.41, 5.74) is 1.84. The van der Waals surface area contributed by atoms with Crippen molar-refractivity contribution in [3.05, 3.63) is 81.8 Å². The standard InChI is InChI=1S/C23H22ClN3O3S/c1-15(26-21(28)12-9-16-7-10-18(30-2)11-8-16)22(29)27-23-25-14-19(31-23)13-17-5-3-4-6-20(17)24/h3-12,14-15H,13H2,1-2H3,(H,26,28)(H,25,27,29)/b12-9+. The third kappa shape index (κ3) is 6.67. The first kappa shape index (κ1) is 22.5. The Bertz CT molecular complexity index is 1080. The number of halogens is 1. The van der Waals surface area contributed by atoms with Crippen molar-refractivity contribution in [2.45, 2.75) is 19.4 Å². The Morgan fingerprint density at radius 1 is 1.19 bits per heavy atom. The van der Waals surface area contributed by atoms with Crippen molar-refractivity contribution in [3.63, 3.8) is 0 Å². The maximum absolute atomic E-state index is 12.4. The molecule has 0 saturated carbocycles. The molecule has 2 amide bonds.